The average molecular weight is 374 g/mol. The quantitative estimate of drug-likeness (QED) is 0.867. The molecule has 2 aromatic rings. The summed E-state index contributed by atoms with van der Waals surface area (Å²) in [6, 6.07) is 5.95. The maximum absolute atomic E-state index is 10.3. The first-order valence-corrected chi connectivity index (χ1v) is 9.26. The molecule has 0 saturated carbocycles. The molecule has 0 radical (unpaired) electrons. The number of ether oxygens (including phenoxy) is 2. The van der Waals surface area contributed by atoms with Crippen molar-refractivity contribution in [2.75, 3.05) is 25.2 Å². The number of aromatic nitrogens is 3. The van der Waals surface area contributed by atoms with Crippen LogP contribution in [0.4, 0.5) is 11.5 Å². The first-order valence-electron chi connectivity index (χ1n) is 9.26. The molecule has 0 unspecified atom stereocenters. The van der Waals surface area contributed by atoms with Gasteiger partial charge >= 0.3 is 0 Å². The Kier molecular flexibility index (Phi) is 5.29. The molecule has 0 spiro atoms. The van der Waals surface area contributed by atoms with E-state index in [1.54, 1.807) is 18.5 Å². The van der Waals surface area contributed by atoms with Crippen molar-refractivity contribution in [3.05, 3.63) is 35.5 Å². The third-order valence-corrected chi connectivity index (χ3v) is 4.80. The summed E-state index contributed by atoms with van der Waals surface area (Å²) in [7, 11) is 1.95. The van der Waals surface area contributed by atoms with Crippen LogP contribution in [-0.4, -0.2) is 46.7 Å². The maximum Gasteiger partial charge on any atom is 0.177 e. The number of rotatable bonds is 5. The SMILES string of the molecule is Cc1ccc(C(C)(C)O)cc1N(C)c1cn(CC2OCC(C)(C)CO2)nn1. The van der Waals surface area contributed by atoms with Crippen LogP contribution in [0.3, 0.4) is 0 Å². The summed E-state index contributed by atoms with van der Waals surface area (Å²) in [5.41, 5.74) is 2.08. The highest BCUT2D eigenvalue weighted by Crippen LogP contribution is 2.30. The summed E-state index contributed by atoms with van der Waals surface area (Å²) in [6.07, 6.45) is 1.57. The Morgan fingerprint density at radius 3 is 2.59 bits per heavy atom. The van der Waals surface area contributed by atoms with E-state index in [9.17, 15) is 5.11 Å². The molecule has 1 N–H and O–H groups in total. The van der Waals surface area contributed by atoms with Gasteiger partial charge in [-0.05, 0) is 38.0 Å². The molecular formula is C20H30N4O3. The molecule has 27 heavy (non-hydrogen) atoms. The van der Waals surface area contributed by atoms with Gasteiger partial charge in [-0.25, -0.2) is 4.68 Å². The molecule has 7 nitrogen and oxygen atoms in total. The molecule has 1 aromatic carbocycles. The van der Waals surface area contributed by atoms with Gasteiger partial charge in [0.05, 0.1) is 31.6 Å². The van der Waals surface area contributed by atoms with Crippen LogP contribution in [0.1, 0.15) is 38.8 Å². The second kappa shape index (κ2) is 7.22. The van der Waals surface area contributed by atoms with Gasteiger partial charge in [0.1, 0.15) is 0 Å². The van der Waals surface area contributed by atoms with Crippen LogP contribution in [-0.2, 0) is 21.6 Å². The van der Waals surface area contributed by atoms with Crippen molar-refractivity contribution in [1.82, 2.24) is 15.0 Å². The molecule has 148 valence electrons. The standard InChI is InChI=1S/C20H30N4O3/c1-14-7-8-15(20(4,5)25)9-16(14)23(6)17-10-24(22-21-17)11-18-26-12-19(2,3)13-27-18/h7-10,18,25H,11-13H2,1-6H3. The molecule has 0 bridgehead atoms. The number of nitrogens with zero attached hydrogens (tertiary/aromatic N) is 4. The number of hydrogen-bond acceptors (Lipinski definition) is 6. The minimum atomic E-state index is -0.898. The second-order valence-corrected chi connectivity index (χ2v) is 8.63. The van der Waals surface area contributed by atoms with Gasteiger partial charge in [0.25, 0.3) is 0 Å². The van der Waals surface area contributed by atoms with Gasteiger partial charge in [-0.3, -0.25) is 0 Å². The number of aryl methyl sites for hydroxylation is 1. The zero-order valence-electron chi connectivity index (χ0n) is 17.1. The van der Waals surface area contributed by atoms with Crippen LogP contribution < -0.4 is 4.90 Å². The van der Waals surface area contributed by atoms with E-state index in [2.05, 4.69) is 24.2 Å². The van der Waals surface area contributed by atoms with Gasteiger partial charge in [-0.1, -0.05) is 31.2 Å². The molecule has 0 atom stereocenters. The second-order valence-electron chi connectivity index (χ2n) is 8.63. The third kappa shape index (κ3) is 4.66. The normalized spacial score (nSPS) is 17.9. The summed E-state index contributed by atoms with van der Waals surface area (Å²) >= 11 is 0. The molecule has 0 amide bonds. The van der Waals surface area contributed by atoms with Crippen molar-refractivity contribution in [3.63, 3.8) is 0 Å². The lowest BCUT2D eigenvalue weighted by Gasteiger charge is -2.34. The Morgan fingerprint density at radius 1 is 1.30 bits per heavy atom. The van der Waals surface area contributed by atoms with Crippen molar-refractivity contribution < 1.29 is 14.6 Å². The van der Waals surface area contributed by atoms with E-state index in [0.717, 1.165) is 22.6 Å². The van der Waals surface area contributed by atoms with Crippen LogP contribution in [0.25, 0.3) is 0 Å². The van der Waals surface area contributed by atoms with E-state index in [1.807, 2.05) is 43.3 Å². The fraction of sp³-hybridized carbons (Fsp3) is 0.600. The summed E-state index contributed by atoms with van der Waals surface area (Å²) in [5, 5.41) is 18.8. The number of anilines is 2. The predicted molar refractivity (Wildman–Crippen MR) is 104 cm³/mol. The van der Waals surface area contributed by atoms with Crippen LogP contribution in [0.5, 0.6) is 0 Å². The van der Waals surface area contributed by atoms with Crippen LogP contribution in [0.15, 0.2) is 24.4 Å². The molecule has 1 aromatic heterocycles. The Balaban J connectivity index is 1.73. The van der Waals surface area contributed by atoms with E-state index in [1.165, 1.54) is 0 Å². The van der Waals surface area contributed by atoms with Gasteiger partial charge in [-0.2, -0.15) is 0 Å². The highest BCUT2D eigenvalue weighted by molar-refractivity contribution is 5.63. The van der Waals surface area contributed by atoms with E-state index >= 15 is 0 Å². The van der Waals surface area contributed by atoms with Crippen molar-refractivity contribution in [1.29, 1.82) is 0 Å². The van der Waals surface area contributed by atoms with E-state index < -0.39 is 5.60 Å². The number of aliphatic hydroxyl groups is 1. The average Bonchev–Trinajstić information content (AvgIpc) is 3.04. The third-order valence-electron chi connectivity index (χ3n) is 4.80. The van der Waals surface area contributed by atoms with Gasteiger partial charge in [0.2, 0.25) is 0 Å². The lowest BCUT2D eigenvalue weighted by Crippen LogP contribution is -2.39. The largest absolute Gasteiger partial charge is 0.386 e. The van der Waals surface area contributed by atoms with Gasteiger partial charge in [0, 0.05) is 18.2 Å². The van der Waals surface area contributed by atoms with E-state index in [4.69, 9.17) is 9.47 Å². The molecule has 3 rings (SSSR count). The predicted octanol–water partition coefficient (Wildman–Crippen LogP) is 2.98. The zero-order chi connectivity index (χ0) is 19.8. The smallest absolute Gasteiger partial charge is 0.177 e. The summed E-state index contributed by atoms with van der Waals surface area (Å²) in [5.74, 6) is 0.724. The van der Waals surface area contributed by atoms with Gasteiger partial charge in [0.15, 0.2) is 12.1 Å². The Hall–Kier alpha value is -1.96. The van der Waals surface area contributed by atoms with Crippen molar-refractivity contribution in [2.24, 2.45) is 5.41 Å². The lowest BCUT2D eigenvalue weighted by atomic mass is 9.96. The maximum atomic E-state index is 10.3. The van der Waals surface area contributed by atoms with Crippen molar-refractivity contribution in [2.45, 2.75) is 53.1 Å². The van der Waals surface area contributed by atoms with Gasteiger partial charge < -0.3 is 19.5 Å². The summed E-state index contributed by atoms with van der Waals surface area (Å²) in [4.78, 5) is 1.97. The molecule has 1 aliphatic heterocycles. The fourth-order valence-corrected chi connectivity index (χ4v) is 2.99. The molecule has 2 heterocycles. The highest BCUT2D eigenvalue weighted by Gasteiger charge is 2.29. The monoisotopic (exact) mass is 374 g/mol. The first-order chi connectivity index (χ1) is 12.5. The van der Waals surface area contributed by atoms with Gasteiger partial charge in [-0.15, -0.1) is 5.10 Å². The molecule has 1 aliphatic rings. The highest BCUT2D eigenvalue weighted by atomic mass is 16.7. The first kappa shape index (κ1) is 19.8. The molecule has 1 fully saturated rings. The Bertz CT molecular complexity index is 785. The molecular weight excluding hydrogens is 344 g/mol. The summed E-state index contributed by atoms with van der Waals surface area (Å²) in [6.45, 7) is 11.7. The molecule has 1 saturated heterocycles. The minimum absolute atomic E-state index is 0.0489. The van der Waals surface area contributed by atoms with E-state index in [0.29, 0.717) is 19.8 Å². The molecule has 0 aliphatic carbocycles. The minimum Gasteiger partial charge on any atom is -0.386 e. The lowest BCUT2D eigenvalue weighted by molar-refractivity contribution is -0.227. The van der Waals surface area contributed by atoms with Crippen LogP contribution >= 0.6 is 0 Å². The van der Waals surface area contributed by atoms with Crippen molar-refractivity contribution in [3.8, 4) is 0 Å². The van der Waals surface area contributed by atoms with Crippen LogP contribution in [0.2, 0.25) is 0 Å². The van der Waals surface area contributed by atoms with Crippen molar-refractivity contribution >= 4 is 11.5 Å². The van der Waals surface area contributed by atoms with E-state index in [-0.39, 0.29) is 11.7 Å². The number of hydrogen-bond donors (Lipinski definition) is 1. The Labute approximate surface area is 160 Å². The topological polar surface area (TPSA) is 72.6 Å². The van der Waals surface area contributed by atoms with Crippen LogP contribution in [0, 0.1) is 12.3 Å². The fourth-order valence-electron chi connectivity index (χ4n) is 2.99. The number of benzene rings is 1. The molecule has 7 heteroatoms. The Morgan fingerprint density at radius 2 is 1.96 bits per heavy atom. The zero-order valence-corrected chi connectivity index (χ0v) is 17.1. The summed E-state index contributed by atoms with van der Waals surface area (Å²) < 4.78 is 13.3.